The van der Waals surface area contributed by atoms with Crippen molar-refractivity contribution in [2.75, 3.05) is 32.1 Å². The average Bonchev–Trinajstić information content (AvgIpc) is 3.24. The van der Waals surface area contributed by atoms with Gasteiger partial charge in [0.2, 0.25) is 5.91 Å². The van der Waals surface area contributed by atoms with E-state index in [2.05, 4.69) is 10.6 Å². The standard InChI is InChI=1S/C22H24ClN3O4/c1-30-14-12-24-21(28)19-7-4-13-26(19)22(29)15-8-10-16(11-9-15)25-20(27)17-5-2-3-6-18(17)23/h2-3,5-6,8-11,19H,4,7,12-14H2,1H3,(H,24,28)(H,25,27)/t19-/m1/s1. The van der Waals surface area contributed by atoms with Crippen LogP contribution in [-0.2, 0) is 9.53 Å². The number of halogens is 1. The second-order valence-corrected chi connectivity index (χ2v) is 7.36. The lowest BCUT2D eigenvalue weighted by Gasteiger charge is -2.24. The zero-order valence-electron chi connectivity index (χ0n) is 16.7. The second kappa shape index (κ2) is 10.2. The average molecular weight is 430 g/mol. The molecule has 2 N–H and O–H groups in total. The van der Waals surface area contributed by atoms with Crippen molar-refractivity contribution in [1.29, 1.82) is 0 Å². The monoisotopic (exact) mass is 429 g/mol. The van der Waals surface area contributed by atoms with Crippen LogP contribution in [0.15, 0.2) is 48.5 Å². The topological polar surface area (TPSA) is 87.7 Å². The quantitative estimate of drug-likeness (QED) is 0.662. The predicted molar refractivity (Wildman–Crippen MR) is 115 cm³/mol. The highest BCUT2D eigenvalue weighted by Crippen LogP contribution is 2.22. The van der Waals surface area contributed by atoms with Crippen molar-refractivity contribution in [3.8, 4) is 0 Å². The molecule has 158 valence electrons. The summed E-state index contributed by atoms with van der Waals surface area (Å²) in [7, 11) is 1.57. The normalized spacial score (nSPS) is 15.7. The van der Waals surface area contributed by atoms with E-state index in [1.54, 1.807) is 60.5 Å². The highest BCUT2D eigenvalue weighted by atomic mass is 35.5. The first-order valence-electron chi connectivity index (χ1n) is 9.75. The Hall–Kier alpha value is -2.90. The summed E-state index contributed by atoms with van der Waals surface area (Å²) >= 11 is 6.05. The lowest BCUT2D eigenvalue weighted by atomic mass is 10.1. The number of amides is 3. The molecule has 1 saturated heterocycles. The zero-order valence-corrected chi connectivity index (χ0v) is 17.4. The van der Waals surface area contributed by atoms with Crippen LogP contribution < -0.4 is 10.6 Å². The van der Waals surface area contributed by atoms with Crippen LogP contribution in [-0.4, -0.2) is 55.5 Å². The summed E-state index contributed by atoms with van der Waals surface area (Å²) in [6.07, 6.45) is 1.41. The van der Waals surface area contributed by atoms with E-state index >= 15 is 0 Å². The van der Waals surface area contributed by atoms with Gasteiger partial charge in [-0.3, -0.25) is 14.4 Å². The first kappa shape index (κ1) is 21.8. The molecule has 8 heteroatoms. The van der Waals surface area contributed by atoms with Crippen molar-refractivity contribution < 1.29 is 19.1 Å². The molecule has 30 heavy (non-hydrogen) atoms. The van der Waals surface area contributed by atoms with Crippen molar-refractivity contribution in [1.82, 2.24) is 10.2 Å². The lowest BCUT2D eigenvalue weighted by molar-refractivity contribution is -0.125. The van der Waals surface area contributed by atoms with Gasteiger partial charge >= 0.3 is 0 Å². The molecule has 2 aromatic carbocycles. The molecular weight excluding hydrogens is 406 g/mol. The Morgan fingerprint density at radius 1 is 1.13 bits per heavy atom. The van der Waals surface area contributed by atoms with Gasteiger partial charge in [-0.15, -0.1) is 0 Å². The highest BCUT2D eigenvalue weighted by Gasteiger charge is 2.34. The van der Waals surface area contributed by atoms with Crippen molar-refractivity contribution in [2.45, 2.75) is 18.9 Å². The van der Waals surface area contributed by atoms with Gasteiger partial charge in [-0.2, -0.15) is 0 Å². The summed E-state index contributed by atoms with van der Waals surface area (Å²) in [6.45, 7) is 1.37. The van der Waals surface area contributed by atoms with E-state index < -0.39 is 6.04 Å². The van der Waals surface area contributed by atoms with E-state index in [0.717, 1.165) is 6.42 Å². The second-order valence-electron chi connectivity index (χ2n) is 6.95. The maximum atomic E-state index is 12.9. The number of carbonyl (C=O) groups excluding carboxylic acids is 3. The number of likely N-dealkylation sites (tertiary alicyclic amines) is 1. The van der Waals surface area contributed by atoms with Crippen LogP contribution in [0.3, 0.4) is 0 Å². The molecule has 1 aliphatic heterocycles. The fourth-order valence-corrected chi connectivity index (χ4v) is 3.60. The molecule has 1 aliphatic rings. The van der Waals surface area contributed by atoms with Crippen LogP contribution in [0.1, 0.15) is 33.6 Å². The summed E-state index contributed by atoms with van der Waals surface area (Å²) in [6, 6.07) is 12.9. The molecule has 3 rings (SSSR count). The Labute approximate surface area is 180 Å². The van der Waals surface area contributed by atoms with Gasteiger partial charge in [-0.05, 0) is 49.2 Å². The Balaban J connectivity index is 1.64. The Kier molecular flexibility index (Phi) is 7.43. The molecule has 0 spiro atoms. The molecule has 0 bridgehead atoms. The number of nitrogens with one attached hydrogen (secondary N) is 2. The molecule has 2 aromatic rings. The molecule has 3 amide bonds. The van der Waals surface area contributed by atoms with Crippen LogP contribution in [0.5, 0.6) is 0 Å². The number of carbonyl (C=O) groups is 3. The predicted octanol–water partition coefficient (Wildman–Crippen LogP) is 2.96. The summed E-state index contributed by atoms with van der Waals surface area (Å²) < 4.78 is 4.94. The smallest absolute Gasteiger partial charge is 0.257 e. The molecule has 0 aromatic heterocycles. The van der Waals surface area contributed by atoms with Gasteiger partial charge in [0.05, 0.1) is 17.2 Å². The van der Waals surface area contributed by atoms with E-state index in [4.69, 9.17) is 16.3 Å². The molecule has 0 unspecified atom stereocenters. The van der Waals surface area contributed by atoms with E-state index in [1.807, 2.05) is 0 Å². The molecule has 1 atom stereocenters. The number of nitrogens with zero attached hydrogens (tertiary/aromatic N) is 1. The largest absolute Gasteiger partial charge is 0.383 e. The van der Waals surface area contributed by atoms with Crippen molar-refractivity contribution in [3.63, 3.8) is 0 Å². The van der Waals surface area contributed by atoms with Gasteiger partial charge in [0.1, 0.15) is 6.04 Å². The Morgan fingerprint density at radius 2 is 1.87 bits per heavy atom. The minimum atomic E-state index is -0.478. The maximum absolute atomic E-state index is 12.9. The summed E-state index contributed by atoms with van der Waals surface area (Å²) in [5.74, 6) is -0.697. The minimum Gasteiger partial charge on any atom is -0.383 e. The van der Waals surface area contributed by atoms with E-state index in [1.165, 1.54) is 0 Å². The molecular formula is C22H24ClN3O4. The van der Waals surface area contributed by atoms with Gasteiger partial charge in [0, 0.05) is 31.5 Å². The fourth-order valence-electron chi connectivity index (χ4n) is 3.38. The van der Waals surface area contributed by atoms with Gasteiger partial charge in [-0.1, -0.05) is 23.7 Å². The first-order chi connectivity index (χ1) is 14.5. The third-order valence-electron chi connectivity index (χ3n) is 4.93. The van der Waals surface area contributed by atoms with Crippen LogP contribution in [0, 0.1) is 0 Å². The maximum Gasteiger partial charge on any atom is 0.257 e. The fraction of sp³-hybridized carbons (Fsp3) is 0.318. The Morgan fingerprint density at radius 3 is 2.57 bits per heavy atom. The third-order valence-corrected chi connectivity index (χ3v) is 5.26. The van der Waals surface area contributed by atoms with Crippen LogP contribution in [0.2, 0.25) is 5.02 Å². The van der Waals surface area contributed by atoms with E-state index in [9.17, 15) is 14.4 Å². The van der Waals surface area contributed by atoms with Gasteiger partial charge < -0.3 is 20.3 Å². The third kappa shape index (κ3) is 5.17. The van der Waals surface area contributed by atoms with Gasteiger partial charge in [0.25, 0.3) is 11.8 Å². The molecule has 0 saturated carbocycles. The minimum absolute atomic E-state index is 0.165. The Bertz CT molecular complexity index is 917. The number of anilines is 1. The van der Waals surface area contributed by atoms with Crippen molar-refractivity contribution >= 4 is 35.0 Å². The van der Waals surface area contributed by atoms with E-state index in [0.29, 0.717) is 48.0 Å². The summed E-state index contributed by atoms with van der Waals surface area (Å²) in [4.78, 5) is 39.3. The van der Waals surface area contributed by atoms with Gasteiger partial charge in [0.15, 0.2) is 0 Å². The van der Waals surface area contributed by atoms with Gasteiger partial charge in [-0.25, -0.2) is 0 Å². The van der Waals surface area contributed by atoms with E-state index in [-0.39, 0.29) is 17.7 Å². The number of hydrogen-bond donors (Lipinski definition) is 2. The number of rotatable bonds is 7. The van der Waals surface area contributed by atoms with Crippen molar-refractivity contribution in [3.05, 3.63) is 64.7 Å². The molecule has 1 fully saturated rings. The molecule has 1 heterocycles. The SMILES string of the molecule is COCCNC(=O)[C@H]1CCCN1C(=O)c1ccc(NC(=O)c2ccccc2Cl)cc1. The number of benzene rings is 2. The number of methoxy groups -OCH3 is 1. The molecule has 7 nitrogen and oxygen atoms in total. The summed E-state index contributed by atoms with van der Waals surface area (Å²) in [5, 5.41) is 5.93. The molecule has 0 radical (unpaired) electrons. The summed E-state index contributed by atoms with van der Waals surface area (Å²) in [5.41, 5.74) is 1.38. The van der Waals surface area contributed by atoms with Crippen LogP contribution in [0.25, 0.3) is 0 Å². The van der Waals surface area contributed by atoms with Crippen molar-refractivity contribution in [2.24, 2.45) is 0 Å². The highest BCUT2D eigenvalue weighted by molar-refractivity contribution is 6.34. The number of hydrogen-bond acceptors (Lipinski definition) is 4. The van der Waals surface area contributed by atoms with Crippen LogP contribution in [0.4, 0.5) is 5.69 Å². The zero-order chi connectivity index (χ0) is 21.5. The van der Waals surface area contributed by atoms with Crippen LogP contribution >= 0.6 is 11.6 Å². The molecule has 0 aliphatic carbocycles. The lowest BCUT2D eigenvalue weighted by Crippen LogP contribution is -2.46. The number of ether oxygens (including phenoxy) is 1. The first-order valence-corrected chi connectivity index (χ1v) is 10.1.